The van der Waals surface area contributed by atoms with Crippen molar-refractivity contribution in [1.82, 2.24) is 10.3 Å². The van der Waals surface area contributed by atoms with Crippen LogP contribution in [0, 0.1) is 0 Å². The number of nitrogens with one attached hydrogen (secondary N) is 1. The van der Waals surface area contributed by atoms with Crippen molar-refractivity contribution < 1.29 is 24.5 Å². The molecule has 1 aromatic heterocycles. The van der Waals surface area contributed by atoms with Crippen molar-refractivity contribution in [2.45, 2.75) is 18.1 Å². The first kappa shape index (κ1) is 19.6. The quantitative estimate of drug-likeness (QED) is 0.583. The van der Waals surface area contributed by atoms with Gasteiger partial charge in [-0.05, 0) is 39.9 Å². The summed E-state index contributed by atoms with van der Waals surface area (Å²) in [6.45, 7) is 0.0531. The van der Waals surface area contributed by atoms with Crippen LogP contribution < -0.4 is 5.32 Å². The van der Waals surface area contributed by atoms with Gasteiger partial charge < -0.3 is 20.3 Å². The molecular formula is C23H20N2O5. The molecule has 2 atom stereocenters. The van der Waals surface area contributed by atoms with E-state index >= 15 is 0 Å². The Morgan fingerprint density at radius 3 is 2.10 bits per heavy atom. The van der Waals surface area contributed by atoms with Crippen LogP contribution in [-0.4, -0.2) is 39.9 Å². The Morgan fingerprint density at radius 2 is 1.53 bits per heavy atom. The summed E-state index contributed by atoms with van der Waals surface area (Å²) < 4.78 is 5.37. The maximum absolute atomic E-state index is 12.4. The van der Waals surface area contributed by atoms with Gasteiger partial charge in [0.25, 0.3) is 0 Å². The molecule has 1 aliphatic carbocycles. The second kappa shape index (κ2) is 8.34. The fraction of sp³-hybridized carbons (Fsp3) is 0.174. The highest BCUT2D eigenvalue weighted by Crippen LogP contribution is 2.44. The minimum absolute atomic E-state index is 0.0531. The number of hydrogen-bond donors (Lipinski definition) is 3. The van der Waals surface area contributed by atoms with Crippen LogP contribution in [0.25, 0.3) is 11.1 Å². The zero-order chi connectivity index (χ0) is 21.1. The van der Waals surface area contributed by atoms with Gasteiger partial charge in [0, 0.05) is 18.3 Å². The molecule has 0 spiro atoms. The Labute approximate surface area is 173 Å². The number of nitrogens with zero attached hydrogens (tertiary/aromatic N) is 1. The largest absolute Gasteiger partial charge is 0.480 e. The number of carbonyl (C=O) groups excluding carboxylic acids is 1. The molecule has 0 saturated heterocycles. The number of benzene rings is 2. The molecule has 0 unspecified atom stereocenters. The first-order valence-corrected chi connectivity index (χ1v) is 9.48. The van der Waals surface area contributed by atoms with Crippen LogP contribution in [0.3, 0.4) is 0 Å². The lowest BCUT2D eigenvalue weighted by atomic mass is 9.98. The van der Waals surface area contributed by atoms with E-state index in [1.54, 1.807) is 0 Å². The molecule has 0 saturated carbocycles. The monoisotopic (exact) mass is 404 g/mol. The van der Waals surface area contributed by atoms with Gasteiger partial charge in [-0.25, -0.2) is 9.59 Å². The molecule has 1 aliphatic rings. The van der Waals surface area contributed by atoms with Crippen molar-refractivity contribution in [1.29, 1.82) is 0 Å². The average molecular weight is 404 g/mol. The Bertz CT molecular complexity index is 1020. The lowest BCUT2D eigenvalue weighted by Gasteiger charge is -2.21. The van der Waals surface area contributed by atoms with E-state index < -0.39 is 24.2 Å². The zero-order valence-electron chi connectivity index (χ0n) is 15.9. The number of fused-ring (bicyclic) bond motifs is 3. The summed E-state index contributed by atoms with van der Waals surface area (Å²) in [7, 11) is 0. The molecule has 4 rings (SSSR count). The van der Waals surface area contributed by atoms with Crippen molar-refractivity contribution in [2.24, 2.45) is 0 Å². The molecule has 7 heteroatoms. The highest BCUT2D eigenvalue weighted by Gasteiger charge is 2.32. The minimum atomic E-state index is -1.55. The number of aliphatic hydroxyl groups is 1. The fourth-order valence-corrected chi connectivity index (χ4v) is 3.80. The second-order valence-corrected chi connectivity index (χ2v) is 7.01. The Hall–Kier alpha value is -3.71. The topological polar surface area (TPSA) is 109 Å². The first-order chi connectivity index (χ1) is 14.6. The summed E-state index contributed by atoms with van der Waals surface area (Å²) in [5.41, 5.74) is 4.63. The van der Waals surface area contributed by atoms with Crippen LogP contribution in [0.15, 0.2) is 73.1 Å². The summed E-state index contributed by atoms with van der Waals surface area (Å²) in [5.74, 6) is -1.51. The maximum atomic E-state index is 12.4. The van der Waals surface area contributed by atoms with Crippen LogP contribution in [0.1, 0.15) is 28.7 Å². The van der Waals surface area contributed by atoms with Gasteiger partial charge in [0.15, 0.2) is 6.04 Å². The predicted octanol–water partition coefficient (Wildman–Crippen LogP) is 3.11. The van der Waals surface area contributed by atoms with E-state index in [-0.39, 0.29) is 12.5 Å². The standard InChI is InChI=1S/C23H20N2O5/c26-21(14-9-11-24-12-10-14)20(22(27)28)25-23(29)30-13-19-17-7-3-1-5-15(17)16-6-2-4-8-18(16)19/h1-12,19-21,26H,13H2,(H,25,29)(H,27,28)/t20-,21-/m0/s1. The van der Waals surface area contributed by atoms with E-state index in [1.807, 2.05) is 48.5 Å². The Balaban J connectivity index is 1.46. The molecule has 2 aromatic carbocycles. The third-order valence-corrected chi connectivity index (χ3v) is 5.25. The van der Waals surface area contributed by atoms with E-state index in [0.717, 1.165) is 22.3 Å². The van der Waals surface area contributed by atoms with Crippen LogP contribution in [-0.2, 0) is 9.53 Å². The van der Waals surface area contributed by atoms with Crippen molar-refractivity contribution in [3.63, 3.8) is 0 Å². The predicted molar refractivity (Wildman–Crippen MR) is 109 cm³/mol. The molecule has 1 amide bonds. The molecule has 1 heterocycles. The molecule has 0 radical (unpaired) electrons. The van der Waals surface area contributed by atoms with Gasteiger partial charge in [0.2, 0.25) is 0 Å². The van der Waals surface area contributed by atoms with Crippen molar-refractivity contribution in [3.8, 4) is 11.1 Å². The lowest BCUT2D eigenvalue weighted by molar-refractivity contribution is -0.142. The van der Waals surface area contributed by atoms with Crippen LogP contribution in [0.2, 0.25) is 0 Å². The third kappa shape index (κ3) is 3.75. The molecule has 3 aromatic rings. The first-order valence-electron chi connectivity index (χ1n) is 9.48. The number of hydrogen-bond acceptors (Lipinski definition) is 5. The molecule has 7 nitrogen and oxygen atoms in total. The maximum Gasteiger partial charge on any atom is 0.407 e. The second-order valence-electron chi connectivity index (χ2n) is 7.01. The molecule has 3 N–H and O–H groups in total. The number of alkyl carbamates (subject to hydrolysis) is 1. The molecule has 0 aliphatic heterocycles. The van der Waals surface area contributed by atoms with E-state index in [9.17, 15) is 19.8 Å². The van der Waals surface area contributed by atoms with Gasteiger partial charge in [-0.15, -0.1) is 0 Å². The van der Waals surface area contributed by atoms with Crippen molar-refractivity contribution >= 4 is 12.1 Å². The summed E-state index contributed by atoms with van der Waals surface area (Å²) >= 11 is 0. The SMILES string of the molecule is O=C(N[C@H](C(=O)O)[C@@H](O)c1ccncc1)OCC1c2ccccc2-c2ccccc21. The third-order valence-electron chi connectivity index (χ3n) is 5.25. The van der Waals surface area contributed by atoms with Gasteiger partial charge in [-0.3, -0.25) is 4.98 Å². The number of rotatable bonds is 6. The number of carboxylic acid groups (broad SMARTS) is 1. The molecular weight excluding hydrogens is 384 g/mol. The highest BCUT2D eigenvalue weighted by molar-refractivity contribution is 5.81. The van der Waals surface area contributed by atoms with Gasteiger partial charge in [0.1, 0.15) is 12.7 Å². The molecule has 30 heavy (non-hydrogen) atoms. The number of carboxylic acids is 1. The lowest BCUT2D eigenvalue weighted by Crippen LogP contribution is -2.45. The summed E-state index contributed by atoms with van der Waals surface area (Å²) in [5, 5.41) is 22.1. The minimum Gasteiger partial charge on any atom is -0.480 e. The van der Waals surface area contributed by atoms with Crippen LogP contribution in [0.5, 0.6) is 0 Å². The number of aliphatic carboxylic acids is 1. The summed E-state index contributed by atoms with van der Waals surface area (Å²) in [4.78, 5) is 27.8. The van der Waals surface area contributed by atoms with Crippen molar-refractivity contribution in [3.05, 3.63) is 89.7 Å². The Kier molecular flexibility index (Phi) is 5.45. The summed E-state index contributed by atoms with van der Waals surface area (Å²) in [6.07, 6.45) is 0.526. The number of aromatic nitrogens is 1. The van der Waals surface area contributed by atoms with Crippen molar-refractivity contribution in [2.75, 3.05) is 6.61 Å². The zero-order valence-corrected chi connectivity index (χ0v) is 15.9. The molecule has 0 fully saturated rings. The number of pyridine rings is 1. The van der Waals surface area contributed by atoms with Crippen LogP contribution >= 0.6 is 0 Å². The van der Waals surface area contributed by atoms with E-state index in [2.05, 4.69) is 10.3 Å². The number of aliphatic hydroxyl groups excluding tert-OH is 1. The van der Waals surface area contributed by atoms with Gasteiger partial charge in [0.05, 0.1) is 0 Å². The van der Waals surface area contributed by atoms with E-state index in [0.29, 0.717) is 5.56 Å². The fourth-order valence-electron chi connectivity index (χ4n) is 3.80. The number of ether oxygens (including phenoxy) is 1. The van der Waals surface area contributed by atoms with E-state index in [4.69, 9.17) is 4.74 Å². The summed E-state index contributed by atoms with van der Waals surface area (Å²) in [6, 6.07) is 17.3. The molecule has 0 bridgehead atoms. The smallest absolute Gasteiger partial charge is 0.407 e. The number of amides is 1. The van der Waals surface area contributed by atoms with Gasteiger partial charge in [-0.2, -0.15) is 0 Å². The normalized spacial score (nSPS) is 14.3. The van der Waals surface area contributed by atoms with Gasteiger partial charge in [-0.1, -0.05) is 48.5 Å². The van der Waals surface area contributed by atoms with E-state index in [1.165, 1.54) is 24.5 Å². The molecule has 152 valence electrons. The number of carbonyl (C=O) groups is 2. The highest BCUT2D eigenvalue weighted by atomic mass is 16.5. The average Bonchev–Trinajstić information content (AvgIpc) is 3.10. The van der Waals surface area contributed by atoms with Gasteiger partial charge >= 0.3 is 12.1 Å². The van der Waals surface area contributed by atoms with Crippen LogP contribution in [0.4, 0.5) is 4.79 Å². The Morgan fingerprint density at radius 1 is 0.967 bits per heavy atom.